The maximum absolute atomic E-state index is 14.3. The van der Waals surface area contributed by atoms with E-state index in [4.69, 9.17) is 9.47 Å². The fraction of sp³-hybridized carbons (Fsp3) is 0.167. The molecule has 0 saturated carbocycles. The molecule has 3 heterocycles. The van der Waals surface area contributed by atoms with Gasteiger partial charge in [-0.1, -0.05) is 0 Å². The van der Waals surface area contributed by atoms with Gasteiger partial charge in [-0.3, -0.25) is 4.98 Å². The van der Waals surface area contributed by atoms with E-state index in [1.54, 1.807) is 36.5 Å². The summed E-state index contributed by atoms with van der Waals surface area (Å²) in [7, 11) is 1.74. The number of pyridine rings is 1. The predicted octanol–water partition coefficient (Wildman–Crippen LogP) is 3.22. The molecule has 0 aliphatic carbocycles. The number of anilines is 2. The number of nitrogens with zero attached hydrogens (tertiary/aromatic N) is 4. The number of hydrogen-bond acceptors (Lipinski definition) is 6. The molecule has 1 aliphatic heterocycles. The summed E-state index contributed by atoms with van der Waals surface area (Å²) in [5, 5.41) is 0. The number of fused-ring (bicyclic) bond motifs is 1. The summed E-state index contributed by atoms with van der Waals surface area (Å²) in [4.78, 5) is 14.1. The second-order valence-electron chi connectivity index (χ2n) is 5.49. The van der Waals surface area contributed by atoms with Crippen LogP contribution in [0.2, 0.25) is 0 Å². The molecule has 0 spiro atoms. The van der Waals surface area contributed by atoms with E-state index in [2.05, 4.69) is 15.0 Å². The molecule has 25 heavy (non-hydrogen) atoms. The first kappa shape index (κ1) is 15.3. The monoisotopic (exact) mass is 338 g/mol. The molecule has 0 amide bonds. The van der Waals surface area contributed by atoms with Crippen molar-refractivity contribution in [1.82, 2.24) is 15.0 Å². The van der Waals surface area contributed by atoms with Crippen molar-refractivity contribution in [2.45, 2.75) is 0 Å². The molecule has 0 radical (unpaired) electrons. The van der Waals surface area contributed by atoms with Gasteiger partial charge in [0.1, 0.15) is 13.2 Å². The Balaban J connectivity index is 1.71. The topological polar surface area (TPSA) is 60.4 Å². The van der Waals surface area contributed by atoms with Gasteiger partial charge in [-0.2, -0.15) is 0 Å². The minimum Gasteiger partial charge on any atom is -0.486 e. The van der Waals surface area contributed by atoms with Crippen molar-refractivity contribution in [2.24, 2.45) is 0 Å². The van der Waals surface area contributed by atoms with Crippen LogP contribution in [0, 0.1) is 5.82 Å². The SMILES string of the molecule is CN(c1ccc2c(c1)OCCO2)c1nc(-c2ccncc2)ncc1F. The lowest BCUT2D eigenvalue weighted by molar-refractivity contribution is 0.171. The van der Waals surface area contributed by atoms with Crippen molar-refractivity contribution in [3.05, 3.63) is 54.7 Å². The van der Waals surface area contributed by atoms with Crippen LogP contribution in [0.1, 0.15) is 0 Å². The third-order valence-electron chi connectivity index (χ3n) is 3.89. The van der Waals surface area contributed by atoms with Gasteiger partial charge in [-0.15, -0.1) is 0 Å². The second kappa shape index (κ2) is 6.35. The molecule has 0 saturated heterocycles. The number of ether oxygens (including phenoxy) is 2. The van der Waals surface area contributed by atoms with Crippen LogP contribution in [-0.2, 0) is 0 Å². The highest BCUT2D eigenvalue weighted by molar-refractivity contribution is 5.66. The third-order valence-corrected chi connectivity index (χ3v) is 3.89. The lowest BCUT2D eigenvalue weighted by atomic mass is 10.2. The van der Waals surface area contributed by atoms with Crippen molar-refractivity contribution in [1.29, 1.82) is 0 Å². The molecular formula is C18H15FN4O2. The Morgan fingerprint density at radius 2 is 1.80 bits per heavy atom. The Labute approximate surface area is 143 Å². The van der Waals surface area contributed by atoms with Gasteiger partial charge in [0, 0.05) is 36.8 Å². The Hall–Kier alpha value is -3.22. The molecular weight excluding hydrogens is 323 g/mol. The zero-order valence-electron chi connectivity index (χ0n) is 13.5. The summed E-state index contributed by atoms with van der Waals surface area (Å²) in [5.74, 6) is 1.43. The first-order valence-electron chi connectivity index (χ1n) is 7.79. The molecule has 126 valence electrons. The quantitative estimate of drug-likeness (QED) is 0.731. The van der Waals surface area contributed by atoms with Crippen molar-refractivity contribution in [3.8, 4) is 22.9 Å². The first-order valence-corrected chi connectivity index (χ1v) is 7.79. The zero-order chi connectivity index (χ0) is 17.2. The molecule has 0 bridgehead atoms. The molecule has 0 fully saturated rings. The Kier molecular flexibility index (Phi) is 3.89. The fourth-order valence-corrected chi connectivity index (χ4v) is 2.60. The number of rotatable bonds is 3. The van der Waals surface area contributed by atoms with Crippen LogP contribution in [0.25, 0.3) is 11.4 Å². The van der Waals surface area contributed by atoms with Gasteiger partial charge in [0.15, 0.2) is 29.0 Å². The second-order valence-corrected chi connectivity index (χ2v) is 5.49. The smallest absolute Gasteiger partial charge is 0.184 e. The normalized spacial score (nSPS) is 12.7. The lowest BCUT2D eigenvalue weighted by Gasteiger charge is -2.23. The van der Waals surface area contributed by atoms with Crippen LogP contribution in [0.4, 0.5) is 15.9 Å². The average molecular weight is 338 g/mol. The highest BCUT2D eigenvalue weighted by atomic mass is 19.1. The van der Waals surface area contributed by atoms with Gasteiger partial charge in [0.25, 0.3) is 0 Å². The summed E-state index contributed by atoms with van der Waals surface area (Å²) < 4.78 is 25.4. The van der Waals surface area contributed by atoms with Gasteiger partial charge >= 0.3 is 0 Å². The number of aromatic nitrogens is 3. The third kappa shape index (κ3) is 2.96. The van der Waals surface area contributed by atoms with Gasteiger partial charge in [-0.25, -0.2) is 14.4 Å². The maximum atomic E-state index is 14.3. The van der Waals surface area contributed by atoms with Crippen molar-refractivity contribution in [2.75, 3.05) is 25.2 Å². The summed E-state index contributed by atoms with van der Waals surface area (Å²) in [6.45, 7) is 1.02. The fourth-order valence-electron chi connectivity index (χ4n) is 2.60. The highest BCUT2D eigenvalue weighted by Crippen LogP contribution is 2.36. The summed E-state index contributed by atoms with van der Waals surface area (Å²) in [6, 6.07) is 9.01. The van der Waals surface area contributed by atoms with Gasteiger partial charge in [0.05, 0.1) is 6.20 Å². The van der Waals surface area contributed by atoms with E-state index in [1.165, 1.54) is 6.20 Å². The van der Waals surface area contributed by atoms with Crippen LogP contribution in [0.15, 0.2) is 48.9 Å². The van der Waals surface area contributed by atoms with E-state index in [0.717, 1.165) is 11.3 Å². The standard InChI is InChI=1S/C18H15FN4O2/c1-23(13-2-3-15-16(10-13)25-9-8-24-15)18-14(19)11-21-17(22-18)12-4-6-20-7-5-12/h2-7,10-11H,8-9H2,1H3. The molecule has 0 N–H and O–H groups in total. The highest BCUT2D eigenvalue weighted by Gasteiger charge is 2.17. The van der Waals surface area contributed by atoms with Crippen LogP contribution in [0.3, 0.4) is 0 Å². The molecule has 1 aliphatic rings. The van der Waals surface area contributed by atoms with Crippen molar-refractivity contribution >= 4 is 11.5 Å². The summed E-state index contributed by atoms with van der Waals surface area (Å²) in [6.07, 6.45) is 4.46. The molecule has 0 atom stereocenters. The minimum absolute atomic E-state index is 0.179. The molecule has 3 aromatic rings. The Morgan fingerprint density at radius 1 is 1.04 bits per heavy atom. The average Bonchev–Trinajstić information content (AvgIpc) is 2.68. The van der Waals surface area contributed by atoms with Crippen LogP contribution < -0.4 is 14.4 Å². The van der Waals surface area contributed by atoms with E-state index in [1.807, 2.05) is 18.2 Å². The zero-order valence-corrected chi connectivity index (χ0v) is 13.5. The van der Waals surface area contributed by atoms with E-state index in [9.17, 15) is 4.39 Å². The number of hydrogen-bond donors (Lipinski definition) is 0. The summed E-state index contributed by atoms with van der Waals surface area (Å²) in [5.41, 5.74) is 1.51. The van der Waals surface area contributed by atoms with E-state index < -0.39 is 5.82 Å². The van der Waals surface area contributed by atoms with E-state index in [0.29, 0.717) is 30.5 Å². The number of benzene rings is 1. The van der Waals surface area contributed by atoms with Gasteiger partial charge in [-0.05, 0) is 24.3 Å². The molecule has 2 aromatic heterocycles. The first-order chi connectivity index (χ1) is 12.2. The Morgan fingerprint density at radius 3 is 2.60 bits per heavy atom. The minimum atomic E-state index is -0.504. The van der Waals surface area contributed by atoms with E-state index >= 15 is 0 Å². The van der Waals surface area contributed by atoms with Crippen LogP contribution >= 0.6 is 0 Å². The molecule has 1 aromatic carbocycles. The largest absolute Gasteiger partial charge is 0.486 e. The molecule has 7 heteroatoms. The van der Waals surface area contributed by atoms with E-state index in [-0.39, 0.29) is 5.82 Å². The molecule has 0 unspecified atom stereocenters. The van der Waals surface area contributed by atoms with Crippen LogP contribution in [0.5, 0.6) is 11.5 Å². The van der Waals surface area contributed by atoms with Gasteiger partial charge in [0.2, 0.25) is 0 Å². The van der Waals surface area contributed by atoms with Crippen molar-refractivity contribution < 1.29 is 13.9 Å². The van der Waals surface area contributed by atoms with Gasteiger partial charge < -0.3 is 14.4 Å². The lowest BCUT2D eigenvalue weighted by Crippen LogP contribution is -2.17. The Bertz CT molecular complexity index is 905. The number of halogens is 1. The molecule has 6 nitrogen and oxygen atoms in total. The molecule has 4 rings (SSSR count). The maximum Gasteiger partial charge on any atom is 0.184 e. The van der Waals surface area contributed by atoms with Crippen LogP contribution in [-0.4, -0.2) is 35.2 Å². The predicted molar refractivity (Wildman–Crippen MR) is 90.7 cm³/mol. The summed E-state index contributed by atoms with van der Waals surface area (Å²) >= 11 is 0. The van der Waals surface area contributed by atoms with Crippen molar-refractivity contribution in [3.63, 3.8) is 0 Å².